The Morgan fingerprint density at radius 3 is 2.21 bits per heavy atom. The van der Waals surface area contributed by atoms with E-state index in [-0.39, 0.29) is 11.2 Å². The molecule has 0 atom stereocenters. The van der Waals surface area contributed by atoms with Crippen molar-refractivity contribution < 1.29 is 14.4 Å². The molecule has 1 aromatic rings. The summed E-state index contributed by atoms with van der Waals surface area (Å²) in [7, 11) is 2.95. The van der Waals surface area contributed by atoms with Gasteiger partial charge in [-0.1, -0.05) is 6.92 Å². The first-order valence-corrected chi connectivity index (χ1v) is 6.03. The van der Waals surface area contributed by atoms with Crippen LogP contribution in [0.15, 0.2) is 12.1 Å². The minimum absolute atomic E-state index is 0.0285. The molecule has 0 amide bonds. The summed E-state index contributed by atoms with van der Waals surface area (Å²) in [6.45, 7) is 5.97. The molecule has 0 aliphatic rings. The lowest BCUT2D eigenvalue weighted by molar-refractivity contribution is -0.384. The smallest absolute Gasteiger partial charge is 0.296 e. The van der Waals surface area contributed by atoms with Crippen molar-refractivity contribution in [3.63, 3.8) is 0 Å². The fourth-order valence-electron chi connectivity index (χ4n) is 1.57. The number of rotatable bonds is 6. The van der Waals surface area contributed by atoms with Gasteiger partial charge in [-0.15, -0.1) is 0 Å². The Hall–Kier alpha value is -1.98. The zero-order chi connectivity index (χ0) is 14.6. The highest BCUT2D eigenvalue weighted by Crippen LogP contribution is 2.38. The molecule has 6 heteroatoms. The van der Waals surface area contributed by atoms with E-state index >= 15 is 0 Å². The predicted molar refractivity (Wildman–Crippen MR) is 74.2 cm³/mol. The number of nitro groups is 1. The number of ether oxygens (including phenoxy) is 2. The van der Waals surface area contributed by atoms with Crippen LogP contribution in [0.2, 0.25) is 0 Å². The molecule has 106 valence electrons. The number of methoxy groups -OCH3 is 2. The number of hydrogen-bond donors (Lipinski definition) is 1. The summed E-state index contributed by atoms with van der Waals surface area (Å²) < 4.78 is 10.3. The molecule has 0 saturated carbocycles. The van der Waals surface area contributed by atoms with E-state index in [1.165, 1.54) is 20.3 Å². The Balaban J connectivity index is 3.31. The largest absolute Gasteiger partial charge is 0.493 e. The molecule has 0 aliphatic carbocycles. The van der Waals surface area contributed by atoms with Crippen LogP contribution in [0.3, 0.4) is 0 Å². The van der Waals surface area contributed by atoms with Gasteiger partial charge >= 0.3 is 0 Å². The summed E-state index contributed by atoms with van der Waals surface area (Å²) in [5, 5.41) is 14.3. The second-order valence-electron chi connectivity index (χ2n) is 4.84. The molecule has 19 heavy (non-hydrogen) atoms. The minimum atomic E-state index is -0.434. The van der Waals surface area contributed by atoms with Crippen molar-refractivity contribution in [3.05, 3.63) is 22.2 Å². The Morgan fingerprint density at radius 2 is 1.79 bits per heavy atom. The summed E-state index contributed by atoms with van der Waals surface area (Å²) in [5.41, 5.74) is 0.151. The Morgan fingerprint density at radius 1 is 1.26 bits per heavy atom. The van der Waals surface area contributed by atoms with Crippen LogP contribution in [0, 0.1) is 10.1 Å². The molecular formula is C13H20N2O4. The van der Waals surface area contributed by atoms with E-state index in [1.807, 2.05) is 20.8 Å². The van der Waals surface area contributed by atoms with Crippen molar-refractivity contribution in [2.24, 2.45) is 0 Å². The molecular weight excluding hydrogens is 248 g/mol. The number of nitro benzene ring substituents is 1. The van der Waals surface area contributed by atoms with Gasteiger partial charge in [0.15, 0.2) is 11.5 Å². The molecule has 1 aromatic carbocycles. The summed E-state index contributed by atoms with van der Waals surface area (Å²) in [5.74, 6) is 0.802. The highest BCUT2D eigenvalue weighted by Gasteiger charge is 2.24. The molecule has 0 bridgehead atoms. The lowest BCUT2D eigenvalue weighted by atomic mass is 10.0. The van der Waals surface area contributed by atoms with Gasteiger partial charge in [0, 0.05) is 11.6 Å². The normalized spacial score (nSPS) is 11.0. The number of benzene rings is 1. The van der Waals surface area contributed by atoms with Gasteiger partial charge in [-0.05, 0) is 20.3 Å². The summed E-state index contributed by atoms with van der Waals surface area (Å²) >= 11 is 0. The first kappa shape index (κ1) is 15.1. The van der Waals surface area contributed by atoms with E-state index in [0.29, 0.717) is 17.2 Å². The number of hydrogen-bond acceptors (Lipinski definition) is 5. The van der Waals surface area contributed by atoms with Crippen LogP contribution >= 0.6 is 0 Å². The van der Waals surface area contributed by atoms with Crippen LogP contribution in [0.25, 0.3) is 0 Å². The quantitative estimate of drug-likeness (QED) is 0.633. The van der Waals surface area contributed by atoms with Gasteiger partial charge in [0.2, 0.25) is 0 Å². The first-order chi connectivity index (χ1) is 8.84. The van der Waals surface area contributed by atoms with Gasteiger partial charge in [0.1, 0.15) is 5.69 Å². The average molecular weight is 268 g/mol. The minimum Gasteiger partial charge on any atom is -0.493 e. The molecule has 6 nitrogen and oxygen atoms in total. The third-order valence-electron chi connectivity index (χ3n) is 3.06. The maximum Gasteiger partial charge on any atom is 0.296 e. The fraction of sp³-hybridized carbons (Fsp3) is 0.538. The summed E-state index contributed by atoms with van der Waals surface area (Å²) in [4.78, 5) is 10.7. The molecule has 1 N–H and O–H groups in total. The van der Waals surface area contributed by atoms with Crippen molar-refractivity contribution in [3.8, 4) is 11.5 Å². The van der Waals surface area contributed by atoms with Gasteiger partial charge in [0.05, 0.1) is 25.2 Å². The number of nitrogens with zero attached hydrogens (tertiary/aromatic N) is 1. The maximum atomic E-state index is 11.1. The predicted octanol–water partition coefficient (Wildman–Crippen LogP) is 3.21. The molecule has 0 heterocycles. The van der Waals surface area contributed by atoms with Crippen LogP contribution in [-0.2, 0) is 0 Å². The van der Waals surface area contributed by atoms with E-state index in [9.17, 15) is 10.1 Å². The molecule has 0 fully saturated rings. The Labute approximate surface area is 112 Å². The second-order valence-corrected chi connectivity index (χ2v) is 4.84. The molecule has 0 spiro atoms. The highest BCUT2D eigenvalue weighted by atomic mass is 16.6. The molecule has 0 unspecified atom stereocenters. The zero-order valence-electron chi connectivity index (χ0n) is 11.9. The van der Waals surface area contributed by atoms with Gasteiger partial charge in [-0.25, -0.2) is 0 Å². The van der Waals surface area contributed by atoms with Crippen molar-refractivity contribution in [2.45, 2.75) is 32.7 Å². The molecule has 0 saturated heterocycles. The van der Waals surface area contributed by atoms with E-state index in [1.54, 1.807) is 6.07 Å². The Kier molecular flexibility index (Phi) is 4.58. The number of anilines is 1. The van der Waals surface area contributed by atoms with Crippen molar-refractivity contribution in [1.29, 1.82) is 0 Å². The van der Waals surface area contributed by atoms with Gasteiger partial charge in [-0.3, -0.25) is 10.1 Å². The van der Waals surface area contributed by atoms with E-state index < -0.39 is 4.92 Å². The van der Waals surface area contributed by atoms with Gasteiger partial charge in [-0.2, -0.15) is 0 Å². The van der Waals surface area contributed by atoms with E-state index in [0.717, 1.165) is 6.42 Å². The highest BCUT2D eigenvalue weighted by molar-refractivity contribution is 5.69. The lowest BCUT2D eigenvalue weighted by Crippen LogP contribution is -2.30. The van der Waals surface area contributed by atoms with Gasteiger partial charge < -0.3 is 14.8 Å². The van der Waals surface area contributed by atoms with Crippen molar-refractivity contribution in [1.82, 2.24) is 0 Å². The van der Waals surface area contributed by atoms with E-state index in [4.69, 9.17) is 9.47 Å². The average Bonchev–Trinajstić information content (AvgIpc) is 2.37. The second kappa shape index (κ2) is 5.77. The van der Waals surface area contributed by atoms with Crippen LogP contribution in [0.5, 0.6) is 11.5 Å². The van der Waals surface area contributed by atoms with Crippen LogP contribution in [-0.4, -0.2) is 24.7 Å². The zero-order valence-corrected chi connectivity index (χ0v) is 11.9. The molecule has 1 rings (SSSR count). The first-order valence-electron chi connectivity index (χ1n) is 6.03. The molecule has 0 radical (unpaired) electrons. The van der Waals surface area contributed by atoms with E-state index in [2.05, 4.69) is 5.32 Å². The van der Waals surface area contributed by atoms with Crippen LogP contribution in [0.4, 0.5) is 11.4 Å². The SMILES string of the molecule is CCC(C)(C)Nc1cc(OC)c(OC)cc1[N+](=O)[O-]. The van der Waals surface area contributed by atoms with Crippen molar-refractivity contribution in [2.75, 3.05) is 19.5 Å². The molecule has 0 aliphatic heterocycles. The summed E-state index contributed by atoms with van der Waals surface area (Å²) in [6, 6.07) is 2.96. The van der Waals surface area contributed by atoms with Crippen molar-refractivity contribution >= 4 is 11.4 Å². The fourth-order valence-corrected chi connectivity index (χ4v) is 1.57. The lowest BCUT2D eigenvalue weighted by Gasteiger charge is -2.26. The Bertz CT molecular complexity index is 472. The van der Waals surface area contributed by atoms with Crippen LogP contribution < -0.4 is 14.8 Å². The van der Waals surface area contributed by atoms with Gasteiger partial charge in [0.25, 0.3) is 5.69 Å². The van der Waals surface area contributed by atoms with Crippen LogP contribution in [0.1, 0.15) is 27.2 Å². The number of nitrogens with one attached hydrogen (secondary N) is 1. The molecule has 0 aromatic heterocycles. The third-order valence-corrected chi connectivity index (χ3v) is 3.06. The topological polar surface area (TPSA) is 73.6 Å². The standard InChI is InChI=1S/C13H20N2O4/c1-6-13(2,3)14-9-7-11(18-4)12(19-5)8-10(9)15(16)17/h7-8,14H,6H2,1-5H3. The maximum absolute atomic E-state index is 11.1. The third kappa shape index (κ3) is 3.49. The monoisotopic (exact) mass is 268 g/mol. The summed E-state index contributed by atoms with van der Waals surface area (Å²) in [6.07, 6.45) is 0.832.